The number of amides is 1. The van der Waals surface area contributed by atoms with Crippen LogP contribution >= 0.6 is 0 Å². The number of aromatic nitrogens is 1. The van der Waals surface area contributed by atoms with Crippen LogP contribution in [0.5, 0.6) is 0 Å². The average molecular weight is 271 g/mol. The van der Waals surface area contributed by atoms with Crippen molar-refractivity contribution in [3.05, 3.63) is 53.6 Å². The number of nitrogens with two attached hydrogens (primary N) is 1. The third-order valence-electron chi connectivity index (χ3n) is 2.51. The lowest BCUT2D eigenvalue weighted by molar-refractivity contribution is 0.102. The van der Waals surface area contributed by atoms with Crippen molar-refractivity contribution in [2.45, 2.75) is 0 Å². The van der Waals surface area contributed by atoms with Gasteiger partial charge in [-0.05, 0) is 30.3 Å². The highest BCUT2D eigenvalue weighted by Crippen LogP contribution is 2.16. The number of nitrogen functional groups attached to an aromatic ring is 1. The van der Waals surface area contributed by atoms with Crippen molar-refractivity contribution in [2.24, 2.45) is 5.84 Å². The van der Waals surface area contributed by atoms with E-state index in [0.717, 1.165) is 6.07 Å². The van der Waals surface area contributed by atoms with E-state index in [1.807, 2.05) is 6.07 Å². The number of hydrazine groups is 1. The molecule has 1 heterocycles. The lowest BCUT2D eigenvalue weighted by atomic mass is 10.2. The number of nitrogens with one attached hydrogen (secondary N) is 2. The van der Waals surface area contributed by atoms with Crippen molar-refractivity contribution in [1.82, 2.24) is 4.98 Å². The molecule has 7 heteroatoms. The van der Waals surface area contributed by atoms with Crippen molar-refractivity contribution in [3.8, 4) is 6.07 Å². The van der Waals surface area contributed by atoms with Gasteiger partial charge in [0.2, 0.25) is 0 Å². The van der Waals surface area contributed by atoms with Crippen LogP contribution in [-0.2, 0) is 0 Å². The molecule has 0 spiro atoms. The molecular formula is C13H10FN5O. The second kappa shape index (κ2) is 5.77. The van der Waals surface area contributed by atoms with Crippen molar-refractivity contribution >= 4 is 17.3 Å². The molecule has 100 valence electrons. The summed E-state index contributed by atoms with van der Waals surface area (Å²) in [6.45, 7) is 0. The summed E-state index contributed by atoms with van der Waals surface area (Å²) in [5, 5.41) is 11.0. The largest absolute Gasteiger partial charge is 0.323 e. The monoisotopic (exact) mass is 271 g/mol. The van der Waals surface area contributed by atoms with E-state index < -0.39 is 11.7 Å². The molecule has 0 aliphatic carbocycles. The van der Waals surface area contributed by atoms with Crippen LogP contribution in [0.2, 0.25) is 0 Å². The zero-order valence-electron chi connectivity index (χ0n) is 10.2. The van der Waals surface area contributed by atoms with Crippen LogP contribution in [0.4, 0.5) is 15.8 Å². The molecule has 2 rings (SSSR count). The first-order valence-electron chi connectivity index (χ1n) is 5.57. The summed E-state index contributed by atoms with van der Waals surface area (Å²) < 4.78 is 13.6. The van der Waals surface area contributed by atoms with E-state index >= 15 is 0 Å². The quantitative estimate of drug-likeness (QED) is 0.581. The first-order chi connectivity index (χ1) is 9.63. The zero-order valence-corrected chi connectivity index (χ0v) is 10.2. The third kappa shape index (κ3) is 2.88. The van der Waals surface area contributed by atoms with Crippen molar-refractivity contribution < 1.29 is 9.18 Å². The Balaban J connectivity index is 2.17. The molecule has 0 atom stereocenters. The van der Waals surface area contributed by atoms with E-state index in [1.54, 1.807) is 6.07 Å². The molecule has 0 aliphatic rings. The fourth-order valence-corrected chi connectivity index (χ4v) is 1.49. The van der Waals surface area contributed by atoms with Crippen molar-refractivity contribution in [3.63, 3.8) is 0 Å². The molecule has 1 aromatic heterocycles. The first kappa shape index (κ1) is 13.5. The summed E-state index contributed by atoms with van der Waals surface area (Å²) >= 11 is 0. The molecule has 20 heavy (non-hydrogen) atoms. The van der Waals surface area contributed by atoms with Gasteiger partial charge in [0.1, 0.15) is 11.5 Å². The smallest absolute Gasteiger partial charge is 0.274 e. The molecular weight excluding hydrogens is 261 g/mol. The van der Waals surface area contributed by atoms with Crippen molar-refractivity contribution in [1.29, 1.82) is 5.26 Å². The number of anilines is 2. The molecule has 0 fully saturated rings. The molecule has 2 aromatic rings. The van der Waals surface area contributed by atoms with Gasteiger partial charge in [-0.25, -0.2) is 9.37 Å². The van der Waals surface area contributed by atoms with Crippen LogP contribution in [0.25, 0.3) is 0 Å². The number of halogens is 1. The van der Waals surface area contributed by atoms with Crippen molar-refractivity contribution in [2.75, 3.05) is 10.7 Å². The van der Waals surface area contributed by atoms with E-state index in [4.69, 9.17) is 11.1 Å². The Bertz CT molecular complexity index is 678. The molecule has 0 bridgehead atoms. The average Bonchev–Trinajstić information content (AvgIpc) is 2.49. The van der Waals surface area contributed by atoms with Gasteiger partial charge in [0, 0.05) is 0 Å². The maximum Gasteiger partial charge on any atom is 0.274 e. The normalized spacial score (nSPS) is 9.65. The number of hydrogen-bond donors (Lipinski definition) is 3. The van der Waals surface area contributed by atoms with E-state index in [1.165, 1.54) is 24.4 Å². The Hall–Kier alpha value is -2.98. The molecule has 6 nitrogen and oxygen atoms in total. The molecule has 0 aliphatic heterocycles. The SMILES string of the molecule is N#Cc1ccc(NC(=O)c2ccc(NN)cn2)c(F)c1. The number of pyridine rings is 1. The fourth-order valence-electron chi connectivity index (χ4n) is 1.49. The number of carbonyl (C=O) groups is 1. The predicted molar refractivity (Wildman–Crippen MR) is 71.1 cm³/mol. The van der Waals surface area contributed by atoms with Gasteiger partial charge >= 0.3 is 0 Å². The van der Waals surface area contributed by atoms with Gasteiger partial charge in [-0.15, -0.1) is 0 Å². The van der Waals surface area contributed by atoms with Gasteiger partial charge in [0.15, 0.2) is 0 Å². The number of benzene rings is 1. The maximum absolute atomic E-state index is 13.6. The van der Waals surface area contributed by atoms with Gasteiger partial charge in [0.05, 0.1) is 29.2 Å². The summed E-state index contributed by atoms with van der Waals surface area (Å²) in [5.41, 5.74) is 3.21. The number of carbonyl (C=O) groups excluding carboxylic acids is 1. The molecule has 0 saturated heterocycles. The summed E-state index contributed by atoms with van der Waals surface area (Å²) in [6, 6.07) is 8.60. The lowest BCUT2D eigenvalue weighted by Crippen LogP contribution is -2.15. The highest BCUT2D eigenvalue weighted by molar-refractivity contribution is 6.03. The summed E-state index contributed by atoms with van der Waals surface area (Å²) in [6.07, 6.45) is 1.38. The van der Waals surface area contributed by atoms with Crippen LogP contribution < -0.4 is 16.6 Å². The van der Waals surface area contributed by atoms with E-state index in [0.29, 0.717) is 5.69 Å². The highest BCUT2D eigenvalue weighted by Gasteiger charge is 2.11. The fraction of sp³-hybridized carbons (Fsp3) is 0. The number of hydrogen-bond acceptors (Lipinski definition) is 5. The summed E-state index contributed by atoms with van der Waals surface area (Å²) in [5.74, 6) is 3.94. The minimum absolute atomic E-state index is 0.0168. The van der Waals surface area contributed by atoms with Gasteiger partial charge < -0.3 is 10.7 Å². The van der Waals surface area contributed by atoms with Gasteiger partial charge in [-0.2, -0.15) is 5.26 Å². The minimum Gasteiger partial charge on any atom is -0.323 e. The van der Waals surface area contributed by atoms with Crippen LogP contribution in [0, 0.1) is 17.1 Å². The Morgan fingerprint density at radius 3 is 2.70 bits per heavy atom. The van der Waals surface area contributed by atoms with E-state index in [-0.39, 0.29) is 16.9 Å². The Morgan fingerprint density at radius 1 is 1.35 bits per heavy atom. The third-order valence-corrected chi connectivity index (χ3v) is 2.51. The first-order valence-corrected chi connectivity index (χ1v) is 5.57. The standard InChI is InChI=1S/C13H10FN5O/c14-10-5-8(6-15)1-3-11(10)18-13(20)12-4-2-9(19-16)7-17-12/h1-5,7,19H,16H2,(H,18,20). The summed E-state index contributed by atoms with van der Waals surface area (Å²) in [4.78, 5) is 15.7. The minimum atomic E-state index is -0.683. The predicted octanol–water partition coefficient (Wildman–Crippen LogP) is 1.63. The van der Waals surface area contributed by atoms with Gasteiger partial charge in [-0.3, -0.25) is 10.6 Å². The molecule has 0 unspecified atom stereocenters. The van der Waals surface area contributed by atoms with E-state index in [2.05, 4.69) is 15.7 Å². The Morgan fingerprint density at radius 2 is 2.15 bits per heavy atom. The van der Waals surface area contributed by atoms with Gasteiger partial charge in [0.25, 0.3) is 5.91 Å². The van der Waals surface area contributed by atoms with Crippen LogP contribution in [0.3, 0.4) is 0 Å². The number of rotatable bonds is 3. The summed E-state index contributed by atoms with van der Waals surface area (Å²) in [7, 11) is 0. The zero-order chi connectivity index (χ0) is 14.5. The number of nitrogens with zero attached hydrogens (tertiary/aromatic N) is 2. The van der Waals surface area contributed by atoms with Crippen LogP contribution in [0.1, 0.15) is 16.1 Å². The molecule has 0 saturated carbocycles. The maximum atomic E-state index is 13.6. The molecule has 1 aromatic carbocycles. The Kier molecular flexibility index (Phi) is 3.88. The topological polar surface area (TPSA) is 104 Å². The molecule has 1 amide bonds. The second-order valence-corrected chi connectivity index (χ2v) is 3.84. The highest BCUT2D eigenvalue weighted by atomic mass is 19.1. The molecule has 4 N–H and O–H groups in total. The van der Waals surface area contributed by atoms with Gasteiger partial charge in [-0.1, -0.05) is 0 Å². The molecule has 0 radical (unpaired) electrons. The van der Waals surface area contributed by atoms with Crippen LogP contribution in [-0.4, -0.2) is 10.9 Å². The van der Waals surface area contributed by atoms with Crippen LogP contribution in [0.15, 0.2) is 36.5 Å². The second-order valence-electron chi connectivity index (χ2n) is 3.84. The van der Waals surface area contributed by atoms with E-state index in [9.17, 15) is 9.18 Å². The Labute approximate surface area is 114 Å². The number of nitriles is 1. The lowest BCUT2D eigenvalue weighted by Gasteiger charge is -2.06.